The van der Waals surface area contributed by atoms with Gasteiger partial charge in [-0.1, -0.05) is 44.2 Å². The molecule has 0 aliphatic heterocycles. The smallest absolute Gasteiger partial charge is 0.304 e. The van der Waals surface area contributed by atoms with Gasteiger partial charge >= 0.3 is 5.97 Å². The van der Waals surface area contributed by atoms with Crippen molar-refractivity contribution >= 4 is 40.3 Å². The second kappa shape index (κ2) is 11.2. The Bertz CT molecular complexity index is 1340. The van der Waals surface area contributed by atoms with Crippen molar-refractivity contribution in [3.63, 3.8) is 0 Å². The van der Waals surface area contributed by atoms with E-state index >= 15 is 0 Å². The van der Waals surface area contributed by atoms with Crippen LogP contribution in [0.3, 0.4) is 0 Å². The molecule has 1 fully saturated rings. The number of aliphatic carboxylic acids is 1. The lowest BCUT2D eigenvalue weighted by Gasteiger charge is -2.25. The molecule has 200 valence electrons. The Morgan fingerprint density at radius 1 is 1.18 bits per heavy atom. The molecule has 1 N–H and O–H groups in total. The van der Waals surface area contributed by atoms with E-state index in [0.717, 1.165) is 24.2 Å². The number of hydrogen-bond donors (Lipinski definition) is 1. The summed E-state index contributed by atoms with van der Waals surface area (Å²) in [6.45, 7) is 5.17. The number of carbonyl (C=O) groups is 1. The van der Waals surface area contributed by atoms with Gasteiger partial charge in [0.2, 0.25) is 0 Å². The second-order valence-electron chi connectivity index (χ2n) is 11.2. The number of hydrogen-bond acceptors (Lipinski definition) is 5. The van der Waals surface area contributed by atoms with E-state index in [1.165, 1.54) is 45.7 Å². The van der Waals surface area contributed by atoms with Crippen LogP contribution in [0.25, 0.3) is 16.0 Å². The highest BCUT2D eigenvalue weighted by atomic mass is 32.2. The molecule has 6 heteroatoms. The van der Waals surface area contributed by atoms with Crippen LogP contribution in [0.5, 0.6) is 5.75 Å². The Morgan fingerprint density at radius 2 is 1.97 bits per heavy atom. The van der Waals surface area contributed by atoms with E-state index in [1.807, 2.05) is 24.3 Å². The number of anilines is 1. The fourth-order valence-corrected chi connectivity index (χ4v) is 7.65. The molecule has 1 saturated carbocycles. The van der Waals surface area contributed by atoms with E-state index in [1.54, 1.807) is 23.1 Å². The third-order valence-corrected chi connectivity index (χ3v) is 10.2. The fourth-order valence-electron chi connectivity index (χ4n) is 5.17. The van der Waals surface area contributed by atoms with Crippen LogP contribution in [-0.4, -0.2) is 30.4 Å². The molecule has 5 rings (SSSR count). The molecule has 2 aromatic carbocycles. The van der Waals surface area contributed by atoms with Gasteiger partial charge in [0.25, 0.3) is 0 Å². The van der Waals surface area contributed by atoms with Gasteiger partial charge in [0.05, 0.1) is 6.42 Å². The molecule has 0 radical (unpaired) electrons. The summed E-state index contributed by atoms with van der Waals surface area (Å²) < 4.78 is 6.40. The molecule has 1 atom stereocenters. The standard InChI is InChI=1S/C32H37NO3S2/c1-32(2)15-7-12-27(32)30-23(20-37-31(30)22-9-5-10-24(16-22)33(3)4)19-36-25-11-6-8-21(17-25)28(18-29(34)35)38-26-13-14-26/h5-6,8-12,16-17,20,26,28H,7,13-15,18-19H2,1-4H3,(H,34,35). The predicted molar refractivity (Wildman–Crippen MR) is 161 cm³/mol. The summed E-state index contributed by atoms with van der Waals surface area (Å²) in [5.41, 5.74) is 7.52. The maximum Gasteiger partial charge on any atom is 0.304 e. The van der Waals surface area contributed by atoms with Crippen LogP contribution in [0.2, 0.25) is 0 Å². The molecule has 4 nitrogen and oxygen atoms in total. The molecule has 0 saturated heterocycles. The average Bonchev–Trinajstić information content (AvgIpc) is 3.50. The van der Waals surface area contributed by atoms with Gasteiger partial charge in [-0.15, -0.1) is 23.1 Å². The predicted octanol–water partition coefficient (Wildman–Crippen LogP) is 8.67. The maximum absolute atomic E-state index is 11.5. The van der Waals surface area contributed by atoms with E-state index in [9.17, 15) is 9.90 Å². The van der Waals surface area contributed by atoms with E-state index in [0.29, 0.717) is 11.9 Å². The lowest BCUT2D eigenvalue weighted by molar-refractivity contribution is -0.137. The Kier molecular flexibility index (Phi) is 7.92. The Hall–Kier alpha value is -2.70. The van der Waals surface area contributed by atoms with Gasteiger partial charge in [-0.25, -0.2) is 0 Å². The first-order valence-electron chi connectivity index (χ1n) is 13.4. The number of ether oxygens (including phenoxy) is 1. The van der Waals surface area contributed by atoms with Gasteiger partial charge in [0.1, 0.15) is 12.4 Å². The van der Waals surface area contributed by atoms with Crippen LogP contribution in [0, 0.1) is 5.41 Å². The van der Waals surface area contributed by atoms with Gasteiger partial charge in [-0.05, 0) is 77.4 Å². The molecule has 0 spiro atoms. The summed E-state index contributed by atoms with van der Waals surface area (Å²) >= 11 is 3.59. The Morgan fingerprint density at radius 3 is 2.66 bits per heavy atom. The summed E-state index contributed by atoms with van der Waals surface area (Å²) in [5, 5.41) is 12.3. The average molecular weight is 548 g/mol. The van der Waals surface area contributed by atoms with Crippen molar-refractivity contribution in [2.45, 2.75) is 63.1 Å². The Labute approximate surface area is 234 Å². The van der Waals surface area contributed by atoms with Crippen LogP contribution in [0.1, 0.15) is 67.9 Å². The quantitative estimate of drug-likeness (QED) is 0.260. The fraction of sp³-hybridized carbons (Fsp3) is 0.406. The molecule has 2 aliphatic rings. The van der Waals surface area contributed by atoms with Crippen molar-refractivity contribution in [1.29, 1.82) is 0 Å². The number of carboxylic acid groups (broad SMARTS) is 1. The number of allylic oxidation sites excluding steroid dienone is 2. The second-order valence-corrected chi connectivity index (χ2v) is 13.6. The molecular formula is C32H37NO3S2. The number of rotatable bonds is 11. The van der Waals surface area contributed by atoms with Crippen molar-refractivity contribution < 1.29 is 14.6 Å². The minimum absolute atomic E-state index is 0.0414. The van der Waals surface area contributed by atoms with Crippen LogP contribution in [0.15, 0.2) is 60.0 Å². The minimum Gasteiger partial charge on any atom is -0.489 e. The minimum atomic E-state index is -0.754. The first-order valence-corrected chi connectivity index (χ1v) is 15.2. The van der Waals surface area contributed by atoms with Crippen LogP contribution in [-0.2, 0) is 11.4 Å². The first-order chi connectivity index (χ1) is 18.2. The zero-order valence-electron chi connectivity index (χ0n) is 22.7. The molecular weight excluding hydrogens is 510 g/mol. The molecule has 1 heterocycles. The van der Waals surface area contributed by atoms with Crippen molar-refractivity contribution in [2.75, 3.05) is 19.0 Å². The summed E-state index contributed by atoms with van der Waals surface area (Å²) in [7, 11) is 4.16. The monoisotopic (exact) mass is 547 g/mol. The Balaban J connectivity index is 1.43. The van der Waals surface area contributed by atoms with Crippen LogP contribution < -0.4 is 9.64 Å². The third kappa shape index (κ3) is 6.13. The van der Waals surface area contributed by atoms with Gasteiger partial charge in [-0.3, -0.25) is 4.79 Å². The molecule has 0 amide bonds. The summed E-state index contributed by atoms with van der Waals surface area (Å²) in [6, 6.07) is 16.8. The zero-order chi connectivity index (χ0) is 26.9. The van der Waals surface area contributed by atoms with Gasteiger partial charge in [0, 0.05) is 46.3 Å². The largest absolute Gasteiger partial charge is 0.489 e. The summed E-state index contributed by atoms with van der Waals surface area (Å²) in [4.78, 5) is 15.0. The van der Waals surface area contributed by atoms with Crippen molar-refractivity contribution in [1.82, 2.24) is 0 Å². The lowest BCUT2D eigenvalue weighted by Crippen LogP contribution is -2.11. The zero-order valence-corrected chi connectivity index (χ0v) is 24.3. The number of thiophene rings is 1. The van der Waals surface area contributed by atoms with Crippen LogP contribution in [0.4, 0.5) is 5.69 Å². The summed E-state index contributed by atoms with van der Waals surface area (Å²) in [6.07, 6.45) is 7.17. The molecule has 1 aromatic heterocycles. The van der Waals surface area contributed by atoms with Gasteiger partial charge in [-0.2, -0.15) is 0 Å². The van der Waals surface area contributed by atoms with Crippen LogP contribution >= 0.6 is 23.1 Å². The van der Waals surface area contributed by atoms with E-state index in [4.69, 9.17) is 4.74 Å². The third-order valence-electron chi connectivity index (χ3n) is 7.47. The highest BCUT2D eigenvalue weighted by Crippen LogP contribution is 2.50. The molecule has 0 bridgehead atoms. The molecule has 2 aliphatic carbocycles. The lowest BCUT2D eigenvalue weighted by atomic mass is 9.80. The van der Waals surface area contributed by atoms with E-state index in [-0.39, 0.29) is 17.1 Å². The first kappa shape index (κ1) is 26.9. The molecule has 38 heavy (non-hydrogen) atoms. The van der Waals surface area contributed by atoms with E-state index in [2.05, 4.69) is 68.6 Å². The number of thioether (sulfide) groups is 1. The van der Waals surface area contributed by atoms with Crippen molar-refractivity contribution in [2.24, 2.45) is 5.41 Å². The van der Waals surface area contributed by atoms with Crippen molar-refractivity contribution in [3.05, 3.63) is 76.7 Å². The highest BCUT2D eigenvalue weighted by Gasteiger charge is 2.32. The maximum atomic E-state index is 11.5. The molecule has 3 aromatic rings. The topological polar surface area (TPSA) is 49.8 Å². The highest BCUT2D eigenvalue weighted by molar-refractivity contribution is 8.00. The summed E-state index contributed by atoms with van der Waals surface area (Å²) in [5.74, 6) is 0.0398. The number of nitrogens with zero attached hydrogens (tertiary/aromatic N) is 1. The SMILES string of the molecule is CN(C)c1cccc(-c2scc(COc3cccc(C(CC(=O)O)SC4CC4)c3)c2C2=CCCC2(C)C)c1. The van der Waals surface area contributed by atoms with Gasteiger partial charge < -0.3 is 14.7 Å². The number of carboxylic acids is 1. The molecule has 1 unspecified atom stereocenters. The van der Waals surface area contributed by atoms with E-state index < -0.39 is 5.97 Å². The number of benzene rings is 2. The normalized spacial score (nSPS) is 17.2. The van der Waals surface area contributed by atoms with Crippen molar-refractivity contribution in [3.8, 4) is 16.2 Å². The van der Waals surface area contributed by atoms with Gasteiger partial charge in [0.15, 0.2) is 0 Å².